The highest BCUT2D eigenvalue weighted by molar-refractivity contribution is 5.26. The summed E-state index contributed by atoms with van der Waals surface area (Å²) in [7, 11) is 0. The third-order valence-electron chi connectivity index (χ3n) is 2.96. The van der Waals surface area contributed by atoms with Gasteiger partial charge in [0.1, 0.15) is 5.82 Å². The van der Waals surface area contributed by atoms with Gasteiger partial charge in [0.05, 0.1) is 6.10 Å². The summed E-state index contributed by atoms with van der Waals surface area (Å²) in [6.07, 6.45) is 2.47. The van der Waals surface area contributed by atoms with Crippen molar-refractivity contribution < 1.29 is 9.50 Å². The Bertz CT molecular complexity index is 504. The largest absolute Gasteiger partial charge is 0.388 e. The van der Waals surface area contributed by atoms with E-state index in [1.807, 2.05) is 0 Å². The maximum absolute atomic E-state index is 13.1. The van der Waals surface area contributed by atoms with E-state index in [1.165, 1.54) is 12.1 Å². The zero-order valence-electron chi connectivity index (χ0n) is 9.83. The van der Waals surface area contributed by atoms with Crippen molar-refractivity contribution in [3.05, 3.63) is 65.7 Å². The van der Waals surface area contributed by atoms with Crippen molar-refractivity contribution >= 4 is 0 Å². The maximum Gasteiger partial charge on any atom is 0.123 e. The van der Waals surface area contributed by atoms with Crippen LogP contribution in [0.2, 0.25) is 0 Å². The second kappa shape index (κ2) is 5.71. The molecule has 1 aromatic heterocycles. The van der Waals surface area contributed by atoms with E-state index in [0.717, 1.165) is 5.56 Å². The fraction of sp³-hybridized carbons (Fsp3) is 0.214. The quantitative estimate of drug-likeness (QED) is 0.867. The second-order valence-electron chi connectivity index (χ2n) is 4.12. The third kappa shape index (κ3) is 2.72. The molecule has 0 saturated carbocycles. The molecule has 3 nitrogen and oxygen atoms in total. The van der Waals surface area contributed by atoms with E-state index >= 15 is 0 Å². The van der Waals surface area contributed by atoms with Crippen LogP contribution in [0.1, 0.15) is 23.1 Å². The molecule has 0 amide bonds. The van der Waals surface area contributed by atoms with Crippen LogP contribution in [0.3, 0.4) is 0 Å². The summed E-state index contributed by atoms with van der Waals surface area (Å²) in [6.45, 7) is 0.279. The number of nitrogens with two attached hydrogens (primary N) is 1. The van der Waals surface area contributed by atoms with Crippen LogP contribution in [-0.4, -0.2) is 16.6 Å². The molecule has 2 atom stereocenters. The molecule has 0 aliphatic heterocycles. The van der Waals surface area contributed by atoms with Crippen LogP contribution < -0.4 is 5.73 Å². The van der Waals surface area contributed by atoms with E-state index in [9.17, 15) is 9.50 Å². The van der Waals surface area contributed by atoms with Crippen molar-refractivity contribution in [2.24, 2.45) is 5.73 Å². The number of aliphatic hydroxyl groups excluding tert-OH is 1. The second-order valence-corrected chi connectivity index (χ2v) is 4.12. The number of aliphatic hydroxyl groups is 1. The first-order valence-corrected chi connectivity index (χ1v) is 5.76. The van der Waals surface area contributed by atoms with Crippen LogP contribution in [-0.2, 0) is 0 Å². The molecule has 0 radical (unpaired) electrons. The molecule has 18 heavy (non-hydrogen) atoms. The first kappa shape index (κ1) is 12.7. The molecule has 1 heterocycles. The van der Waals surface area contributed by atoms with Crippen LogP contribution >= 0.6 is 0 Å². The van der Waals surface area contributed by atoms with Crippen molar-refractivity contribution in [2.75, 3.05) is 6.54 Å². The van der Waals surface area contributed by atoms with Gasteiger partial charge in [0.25, 0.3) is 0 Å². The van der Waals surface area contributed by atoms with Gasteiger partial charge in [0.2, 0.25) is 0 Å². The molecule has 2 aromatic rings. The molecular weight excluding hydrogens is 231 g/mol. The summed E-state index contributed by atoms with van der Waals surface area (Å²) in [6, 6.07) is 9.56. The maximum atomic E-state index is 13.1. The predicted octanol–water partition coefficient (Wildman–Crippen LogP) is 2.00. The van der Waals surface area contributed by atoms with Crippen molar-refractivity contribution in [2.45, 2.75) is 12.0 Å². The molecule has 0 spiro atoms. The van der Waals surface area contributed by atoms with Crippen molar-refractivity contribution in [3.63, 3.8) is 0 Å². The number of aromatic nitrogens is 1. The molecule has 0 fully saturated rings. The molecule has 0 aliphatic carbocycles. The van der Waals surface area contributed by atoms with Gasteiger partial charge in [-0.2, -0.15) is 0 Å². The van der Waals surface area contributed by atoms with Gasteiger partial charge in [-0.1, -0.05) is 12.1 Å². The van der Waals surface area contributed by atoms with Gasteiger partial charge in [-0.3, -0.25) is 4.98 Å². The van der Waals surface area contributed by atoms with Crippen LogP contribution in [0.4, 0.5) is 4.39 Å². The van der Waals surface area contributed by atoms with E-state index in [4.69, 9.17) is 5.73 Å². The van der Waals surface area contributed by atoms with Crippen LogP contribution in [0.25, 0.3) is 0 Å². The van der Waals surface area contributed by atoms with Crippen LogP contribution in [0.15, 0.2) is 48.8 Å². The van der Waals surface area contributed by atoms with Crippen molar-refractivity contribution in [1.29, 1.82) is 0 Å². The summed E-state index contributed by atoms with van der Waals surface area (Å²) in [5, 5.41) is 10.3. The van der Waals surface area contributed by atoms with Gasteiger partial charge in [0, 0.05) is 24.9 Å². The standard InChI is InChI=1S/C14H15FN2O/c15-12-3-1-2-11(8-12)14(18)13(9-16)10-4-6-17-7-5-10/h1-8,13-14,18H,9,16H2. The number of halogens is 1. The van der Waals surface area contributed by atoms with E-state index in [-0.39, 0.29) is 18.3 Å². The highest BCUT2D eigenvalue weighted by Crippen LogP contribution is 2.29. The van der Waals surface area contributed by atoms with Gasteiger partial charge < -0.3 is 10.8 Å². The smallest absolute Gasteiger partial charge is 0.123 e. The zero-order valence-corrected chi connectivity index (χ0v) is 9.83. The molecule has 0 bridgehead atoms. The third-order valence-corrected chi connectivity index (χ3v) is 2.96. The SMILES string of the molecule is NCC(c1ccncc1)C(O)c1cccc(F)c1. The first-order chi connectivity index (χ1) is 8.72. The van der Waals surface area contributed by atoms with E-state index in [0.29, 0.717) is 5.56 Å². The molecular formula is C14H15FN2O. The lowest BCUT2D eigenvalue weighted by Crippen LogP contribution is -2.20. The van der Waals surface area contributed by atoms with E-state index < -0.39 is 6.10 Å². The average Bonchev–Trinajstić information content (AvgIpc) is 2.41. The molecule has 0 aliphatic rings. The zero-order chi connectivity index (χ0) is 13.0. The summed E-state index contributed by atoms with van der Waals surface area (Å²) < 4.78 is 13.1. The Kier molecular flexibility index (Phi) is 4.02. The van der Waals surface area contributed by atoms with Gasteiger partial charge in [0.15, 0.2) is 0 Å². The number of nitrogens with zero attached hydrogens (tertiary/aromatic N) is 1. The van der Waals surface area contributed by atoms with Crippen molar-refractivity contribution in [3.8, 4) is 0 Å². The lowest BCUT2D eigenvalue weighted by molar-refractivity contribution is 0.147. The van der Waals surface area contributed by atoms with Gasteiger partial charge in [-0.15, -0.1) is 0 Å². The van der Waals surface area contributed by atoms with Gasteiger partial charge >= 0.3 is 0 Å². The summed E-state index contributed by atoms with van der Waals surface area (Å²) in [5.74, 6) is -0.633. The fourth-order valence-corrected chi connectivity index (χ4v) is 1.98. The number of rotatable bonds is 4. The lowest BCUT2D eigenvalue weighted by Gasteiger charge is -2.22. The summed E-state index contributed by atoms with van der Waals surface area (Å²) >= 11 is 0. The number of hydrogen-bond donors (Lipinski definition) is 2. The minimum absolute atomic E-state index is 0.269. The number of hydrogen-bond acceptors (Lipinski definition) is 3. The van der Waals surface area contributed by atoms with E-state index in [2.05, 4.69) is 4.98 Å². The Morgan fingerprint density at radius 3 is 2.50 bits per heavy atom. The van der Waals surface area contributed by atoms with E-state index in [1.54, 1.807) is 36.7 Å². The predicted molar refractivity (Wildman–Crippen MR) is 67.4 cm³/mol. The molecule has 94 valence electrons. The number of benzene rings is 1. The Balaban J connectivity index is 2.28. The topological polar surface area (TPSA) is 59.1 Å². The summed E-state index contributed by atoms with van der Waals surface area (Å²) in [5.41, 5.74) is 7.13. The molecule has 4 heteroatoms. The van der Waals surface area contributed by atoms with Gasteiger partial charge in [-0.25, -0.2) is 4.39 Å². The Hall–Kier alpha value is -1.78. The van der Waals surface area contributed by atoms with Gasteiger partial charge in [-0.05, 0) is 35.4 Å². The van der Waals surface area contributed by atoms with Crippen LogP contribution in [0, 0.1) is 5.82 Å². The Morgan fingerprint density at radius 2 is 1.89 bits per heavy atom. The highest BCUT2D eigenvalue weighted by Gasteiger charge is 2.21. The van der Waals surface area contributed by atoms with Crippen LogP contribution in [0.5, 0.6) is 0 Å². The lowest BCUT2D eigenvalue weighted by atomic mass is 9.90. The first-order valence-electron chi connectivity index (χ1n) is 5.76. The Morgan fingerprint density at radius 1 is 1.17 bits per heavy atom. The number of pyridine rings is 1. The van der Waals surface area contributed by atoms with Crippen molar-refractivity contribution in [1.82, 2.24) is 4.98 Å². The monoisotopic (exact) mass is 246 g/mol. The molecule has 1 aromatic carbocycles. The molecule has 3 N–H and O–H groups in total. The summed E-state index contributed by atoms with van der Waals surface area (Å²) in [4.78, 5) is 3.93. The minimum Gasteiger partial charge on any atom is -0.388 e. The highest BCUT2D eigenvalue weighted by atomic mass is 19.1. The average molecular weight is 246 g/mol. The normalized spacial score (nSPS) is 14.2. The Labute approximate surface area is 105 Å². The molecule has 2 unspecified atom stereocenters. The molecule has 0 saturated heterocycles. The minimum atomic E-state index is -0.826. The molecule has 2 rings (SSSR count). The fourth-order valence-electron chi connectivity index (χ4n) is 1.98.